The standard InChI is InChI=1S/C10H3Cl7O4/c11-2-1-5(12)7(14,3(18)19)10(17)6(2,13)8(15,4(20)21)9(5,10)16/h1H,(H,18,19)(H,20,21)/t5-,6+,7-,8-,9-,10+/m1/s1. The van der Waals surface area contributed by atoms with Gasteiger partial charge in [0.15, 0.2) is 9.75 Å². The summed E-state index contributed by atoms with van der Waals surface area (Å²) in [6.07, 6.45) is 1.00. The van der Waals surface area contributed by atoms with Crippen molar-refractivity contribution in [3.8, 4) is 0 Å². The van der Waals surface area contributed by atoms with Gasteiger partial charge in [-0.2, -0.15) is 0 Å². The minimum atomic E-state index is -2.42. The number of alkyl halides is 6. The Labute approximate surface area is 152 Å². The van der Waals surface area contributed by atoms with Crippen LogP contribution < -0.4 is 0 Å². The van der Waals surface area contributed by atoms with Gasteiger partial charge >= 0.3 is 11.9 Å². The molecule has 4 bridgehead atoms. The Morgan fingerprint density at radius 1 is 0.857 bits per heavy atom. The maximum absolute atomic E-state index is 11.6. The van der Waals surface area contributed by atoms with Gasteiger partial charge in [0.05, 0.1) is 0 Å². The number of hydrogen-bond donors (Lipinski definition) is 2. The molecule has 11 heteroatoms. The highest BCUT2D eigenvalue weighted by Gasteiger charge is 3.12. The Kier molecular flexibility index (Phi) is 2.91. The van der Waals surface area contributed by atoms with Gasteiger partial charge in [0, 0.05) is 5.03 Å². The van der Waals surface area contributed by atoms with Gasteiger partial charge in [-0.25, -0.2) is 0 Å². The first-order valence-corrected chi connectivity index (χ1v) is 7.90. The fourth-order valence-corrected chi connectivity index (χ4v) is 8.43. The van der Waals surface area contributed by atoms with Gasteiger partial charge in [0.25, 0.3) is 0 Å². The fourth-order valence-electron chi connectivity index (χ4n) is 3.69. The minimum absolute atomic E-state index is 0.313. The molecule has 4 nitrogen and oxygen atoms in total. The number of hydrogen-bond acceptors (Lipinski definition) is 2. The molecule has 6 atom stereocenters. The third-order valence-electron chi connectivity index (χ3n) is 4.62. The summed E-state index contributed by atoms with van der Waals surface area (Å²) < 4.78 is 0. The molecule has 0 heterocycles. The molecule has 2 saturated carbocycles. The van der Waals surface area contributed by atoms with E-state index in [4.69, 9.17) is 81.2 Å². The quantitative estimate of drug-likeness (QED) is 0.654. The summed E-state index contributed by atoms with van der Waals surface area (Å²) in [5.74, 6) is -3.24. The second-order valence-corrected chi connectivity index (χ2v) is 8.94. The van der Waals surface area contributed by atoms with E-state index in [9.17, 15) is 19.8 Å². The van der Waals surface area contributed by atoms with E-state index in [1.807, 2.05) is 0 Å². The van der Waals surface area contributed by atoms with Crippen LogP contribution in [0.4, 0.5) is 0 Å². The third kappa shape index (κ3) is 0.964. The molecule has 0 aliphatic heterocycles. The van der Waals surface area contributed by atoms with Crippen molar-refractivity contribution < 1.29 is 19.8 Å². The maximum atomic E-state index is 11.6. The van der Waals surface area contributed by atoms with Crippen molar-refractivity contribution in [2.75, 3.05) is 0 Å². The van der Waals surface area contributed by atoms with Crippen LogP contribution in [-0.4, -0.2) is 51.4 Å². The fraction of sp³-hybridized carbons (Fsp3) is 0.600. The van der Waals surface area contributed by atoms with Gasteiger partial charge in [-0.1, -0.05) is 11.6 Å². The van der Waals surface area contributed by atoms with E-state index in [0.717, 1.165) is 6.08 Å². The van der Waals surface area contributed by atoms with Crippen molar-refractivity contribution in [2.24, 2.45) is 0 Å². The van der Waals surface area contributed by atoms with Crippen LogP contribution in [0.5, 0.6) is 0 Å². The Balaban J connectivity index is 2.44. The Hall–Kier alpha value is 0.710. The van der Waals surface area contributed by atoms with Crippen LogP contribution in [-0.2, 0) is 9.59 Å². The largest absolute Gasteiger partial charge is 0.480 e. The van der Waals surface area contributed by atoms with E-state index in [1.165, 1.54) is 0 Å². The number of allylic oxidation sites excluding steroid dienone is 2. The molecule has 4 aliphatic rings. The molecular formula is C10H3Cl7O4. The summed E-state index contributed by atoms with van der Waals surface area (Å²) in [7, 11) is 0. The van der Waals surface area contributed by atoms with E-state index < -0.39 is 41.2 Å². The van der Waals surface area contributed by atoms with Crippen molar-refractivity contribution >= 4 is 93.1 Å². The van der Waals surface area contributed by atoms with Gasteiger partial charge in [-0.15, -0.1) is 69.6 Å². The lowest BCUT2D eigenvalue weighted by Crippen LogP contribution is -3.11. The second kappa shape index (κ2) is 3.69. The molecule has 4 aliphatic carbocycles. The molecule has 0 radical (unpaired) electrons. The Morgan fingerprint density at radius 2 is 1.29 bits per heavy atom. The average Bonchev–Trinajstić information content (AvgIpc) is 2.39. The van der Waals surface area contributed by atoms with Crippen molar-refractivity contribution in [3.05, 3.63) is 11.1 Å². The number of halogens is 7. The molecule has 4 rings (SSSR count). The summed E-state index contributed by atoms with van der Waals surface area (Å²) in [5.41, 5.74) is 0. The summed E-state index contributed by atoms with van der Waals surface area (Å²) in [6.45, 7) is 0. The summed E-state index contributed by atoms with van der Waals surface area (Å²) in [6, 6.07) is 0. The zero-order chi connectivity index (χ0) is 16.4. The number of carbonyl (C=O) groups is 2. The first kappa shape index (κ1) is 16.6. The Morgan fingerprint density at radius 3 is 1.67 bits per heavy atom. The predicted molar refractivity (Wildman–Crippen MR) is 80.7 cm³/mol. The van der Waals surface area contributed by atoms with Gasteiger partial charge in [-0.3, -0.25) is 9.59 Å². The number of carboxylic acids is 2. The van der Waals surface area contributed by atoms with Crippen molar-refractivity contribution in [3.63, 3.8) is 0 Å². The molecule has 0 amide bonds. The number of aliphatic carboxylic acids is 2. The van der Waals surface area contributed by atoms with E-state index in [-0.39, 0.29) is 5.03 Å². The molecule has 2 N–H and O–H groups in total. The smallest absolute Gasteiger partial charge is 0.329 e. The van der Waals surface area contributed by atoms with E-state index in [0.29, 0.717) is 0 Å². The zero-order valence-corrected chi connectivity index (χ0v) is 14.7. The van der Waals surface area contributed by atoms with Gasteiger partial charge in [0.1, 0.15) is 19.5 Å². The highest BCUT2D eigenvalue weighted by molar-refractivity contribution is 6.70. The van der Waals surface area contributed by atoms with Gasteiger partial charge < -0.3 is 10.2 Å². The lowest BCUT2D eigenvalue weighted by atomic mass is 9.31. The number of rotatable bonds is 2. The molecule has 2 fully saturated rings. The predicted octanol–water partition coefficient (Wildman–Crippen LogP) is 3.18. The second-order valence-electron chi connectivity index (χ2n) is 5.11. The van der Waals surface area contributed by atoms with Crippen LogP contribution in [0.25, 0.3) is 0 Å². The van der Waals surface area contributed by atoms with Gasteiger partial charge in [0.2, 0.25) is 0 Å². The molecule has 0 spiro atoms. The first-order chi connectivity index (χ1) is 9.26. The molecule has 0 unspecified atom stereocenters. The molecule has 0 aromatic carbocycles. The van der Waals surface area contributed by atoms with Crippen LogP contribution >= 0.6 is 81.2 Å². The molecule has 116 valence electrons. The molecule has 0 saturated heterocycles. The molecule has 21 heavy (non-hydrogen) atoms. The lowest BCUT2D eigenvalue weighted by molar-refractivity contribution is -0.172. The van der Waals surface area contributed by atoms with Gasteiger partial charge in [-0.05, 0) is 6.08 Å². The highest BCUT2D eigenvalue weighted by atomic mass is 35.5. The molecule has 0 aromatic rings. The van der Waals surface area contributed by atoms with Crippen LogP contribution in [0, 0.1) is 0 Å². The zero-order valence-electron chi connectivity index (χ0n) is 9.43. The summed E-state index contributed by atoms with van der Waals surface area (Å²) in [4.78, 5) is 9.69. The topological polar surface area (TPSA) is 74.6 Å². The van der Waals surface area contributed by atoms with Crippen molar-refractivity contribution in [1.82, 2.24) is 0 Å². The van der Waals surface area contributed by atoms with Crippen molar-refractivity contribution in [1.29, 1.82) is 0 Å². The SMILES string of the molecule is O=C(O)[C@@]1(Cl)[C@]2(Cl)C=C(Cl)[C@]3(Cl)[C@](Cl)(C(=O)O)[C@@]2(Cl)[C@@]13Cl. The van der Waals surface area contributed by atoms with Crippen LogP contribution in [0.1, 0.15) is 0 Å². The monoisotopic (exact) mass is 432 g/mol. The third-order valence-corrected chi connectivity index (χ3v) is 10.4. The summed E-state index contributed by atoms with van der Waals surface area (Å²) >= 11 is 43.3. The van der Waals surface area contributed by atoms with Crippen LogP contribution in [0.15, 0.2) is 11.1 Å². The normalized spacial score (nSPS) is 60.4. The number of carboxylic acid groups (broad SMARTS) is 2. The lowest BCUT2D eigenvalue weighted by Gasteiger charge is -2.87. The van der Waals surface area contributed by atoms with Crippen LogP contribution in [0.3, 0.4) is 0 Å². The highest BCUT2D eigenvalue weighted by Crippen LogP contribution is 2.92. The first-order valence-electron chi connectivity index (χ1n) is 5.26. The van der Waals surface area contributed by atoms with E-state index in [1.54, 1.807) is 0 Å². The molecular weight excluding hydrogens is 432 g/mol. The van der Waals surface area contributed by atoms with Crippen molar-refractivity contribution in [2.45, 2.75) is 29.2 Å². The molecule has 0 aromatic heterocycles. The minimum Gasteiger partial charge on any atom is -0.480 e. The van der Waals surface area contributed by atoms with E-state index >= 15 is 0 Å². The maximum Gasteiger partial charge on any atom is 0.329 e. The Bertz CT molecular complexity index is 668. The summed E-state index contributed by atoms with van der Waals surface area (Å²) in [5, 5.41) is 18.5. The average molecular weight is 435 g/mol. The van der Waals surface area contributed by atoms with Crippen LogP contribution in [0.2, 0.25) is 0 Å². The van der Waals surface area contributed by atoms with E-state index in [2.05, 4.69) is 0 Å².